The Kier molecular flexibility index (Phi) is 27.3. The maximum atomic E-state index is 17.3. The van der Waals surface area contributed by atoms with E-state index in [1.165, 1.54) is 50.3 Å². The molecule has 0 saturated heterocycles. The maximum Gasteiger partial charge on any atom is 0.306 e. The van der Waals surface area contributed by atoms with Crippen molar-refractivity contribution in [1.82, 2.24) is 0 Å². The van der Waals surface area contributed by atoms with E-state index in [-0.39, 0.29) is 119 Å². The van der Waals surface area contributed by atoms with Crippen LogP contribution in [0.25, 0.3) is 0 Å². The normalized spacial score (nSPS) is 45.1. The molecule has 9 saturated carbocycles. The summed E-state index contributed by atoms with van der Waals surface area (Å²) >= 11 is 5.37. The fourth-order valence-corrected chi connectivity index (χ4v) is 25.5. The second-order valence-electron chi connectivity index (χ2n) is 32.4. The van der Waals surface area contributed by atoms with Crippen LogP contribution in [0.2, 0.25) is 0 Å². The standard InChI is InChI=1S/C26H34F2O5S.C25H31F3O5S.C25H31F2O5S.C2H6O3S.Y/c1-6-21(31)33-26(22(32)34-7-2)14(3)10-16-17-12-19(27)18-11-15(29)8-9-23(18,4)25(17,28)20(30)13-24(16,26)5;1-5-20(31)33-25(21(32)34-12-26)13(2)8-15-16-10-18(27)17-9-14(29)6-7-22(17,3)24(16,28)19(30)11-23(15,25)4;1-6-20(30)32-25(21(31)33-5)13(2)9-15-16-11-18(26)17-10-14(28)7-8-22(17,3)24(16,27)19(29)12-23(15,25)4;1-2-3-4-5-6;/h8-9,11,14,16-17,19-20,30H,6-7,10,12-13H2,1-5H3;6-7,9,13,15-16,18-19,30H,5,8,10-12H2,1-4H3;7-8,10,13,15-16,18-19,29H,5-6,9,11-12H2,1-4H3;6H,2H2,1H3;/q;;-1;;/t14-,16+,17?,19+,20+,23+,24+,25+,26+;2*13-,15+,16?,18+,19+,22+,23+,24+,25+;;/m111../s1. The number of hydrogen-bond donors (Lipinski definition) is 4. The summed E-state index contributed by atoms with van der Waals surface area (Å²) in [7, 11) is 0. The van der Waals surface area contributed by atoms with Crippen molar-refractivity contribution in [2.75, 3.05) is 18.4 Å². The van der Waals surface area contributed by atoms with Crippen molar-refractivity contribution < 1.29 is 150 Å². The number of aliphatic hydroxyl groups excluding tert-OH is 3. The first-order valence-corrected chi connectivity index (χ1v) is 40.2. The number of thiol groups is 1. The van der Waals surface area contributed by atoms with Crippen molar-refractivity contribution in [3.05, 3.63) is 77.7 Å². The van der Waals surface area contributed by atoms with Crippen molar-refractivity contribution >= 4 is 98.8 Å². The Morgan fingerprint density at radius 3 is 1.03 bits per heavy atom. The van der Waals surface area contributed by atoms with Crippen molar-refractivity contribution in [2.24, 2.45) is 85.8 Å². The minimum absolute atomic E-state index is 0. The fourth-order valence-electron chi connectivity index (χ4n) is 23.0. The van der Waals surface area contributed by atoms with E-state index < -0.39 is 208 Å². The largest absolute Gasteiger partial charge is 0.449 e. The van der Waals surface area contributed by atoms with Gasteiger partial charge in [0.2, 0.25) is 15.3 Å². The molecule has 1 radical (unpaired) electrons. The van der Waals surface area contributed by atoms with Crippen molar-refractivity contribution in [3.63, 3.8) is 0 Å². The van der Waals surface area contributed by atoms with Crippen LogP contribution in [-0.4, -0.2) is 155 Å². The zero-order valence-electron chi connectivity index (χ0n) is 63.5. The third-order valence-electron chi connectivity index (χ3n) is 27.9. The van der Waals surface area contributed by atoms with Crippen LogP contribution in [0.1, 0.15) is 174 Å². The Labute approximate surface area is 670 Å². The first-order chi connectivity index (χ1) is 49.9. The minimum Gasteiger partial charge on any atom is -0.449 e. The summed E-state index contributed by atoms with van der Waals surface area (Å²) in [6.45, 7) is 24.0. The number of hydrogen-bond acceptors (Lipinski definition) is 22. The third-order valence-corrected chi connectivity index (χ3v) is 30.0. The van der Waals surface area contributed by atoms with E-state index >= 15 is 26.3 Å². The zero-order valence-corrected chi connectivity index (χ0v) is 69.7. The van der Waals surface area contributed by atoms with Crippen LogP contribution >= 0.6 is 48.2 Å². The molecule has 12 aliphatic rings. The van der Waals surface area contributed by atoms with Crippen molar-refractivity contribution in [1.29, 1.82) is 0 Å². The summed E-state index contributed by atoms with van der Waals surface area (Å²) in [5.41, 5.74) is -19.5. The van der Waals surface area contributed by atoms with Gasteiger partial charge in [-0.05, 0) is 174 Å². The van der Waals surface area contributed by atoms with Crippen molar-refractivity contribution in [2.45, 2.75) is 245 Å². The van der Waals surface area contributed by atoms with Crippen LogP contribution < -0.4 is 0 Å². The molecular formula is C78H102F7O18S4Y-. The molecule has 0 bridgehead atoms. The van der Waals surface area contributed by atoms with Gasteiger partial charge in [0.05, 0.1) is 24.9 Å². The van der Waals surface area contributed by atoms with Gasteiger partial charge in [-0.3, -0.25) is 61.2 Å². The number of carbonyl (C=O) groups excluding carboxylic acids is 9. The molecule has 30 heteroatoms. The van der Waals surface area contributed by atoms with Crippen LogP contribution in [0.15, 0.2) is 71.4 Å². The Morgan fingerprint density at radius 1 is 0.500 bits per heavy atom. The molecule has 0 spiro atoms. The summed E-state index contributed by atoms with van der Waals surface area (Å²) < 4.78 is 133. The van der Waals surface area contributed by atoms with Crippen LogP contribution in [-0.2, 0) is 104 Å². The number of ketones is 3. The number of rotatable bonds is 14. The molecule has 3 unspecified atom stereocenters. The molecule has 0 amide bonds. The Morgan fingerprint density at radius 2 is 0.787 bits per heavy atom. The Hall–Kier alpha value is -3.36. The molecule has 9 fully saturated rings. The van der Waals surface area contributed by atoms with Crippen molar-refractivity contribution in [3.8, 4) is 0 Å². The van der Waals surface area contributed by atoms with Gasteiger partial charge < -0.3 is 29.5 Å². The minimum atomic E-state index is -2.30. The number of thioether (sulfide) groups is 3. The quantitative estimate of drug-likeness (QED) is 0.0145. The molecule has 12 rings (SSSR count). The topological polar surface area (TPSA) is 270 Å². The number of carbonyl (C=O) groups is 9. The zero-order chi connectivity index (χ0) is 79.9. The van der Waals surface area contributed by atoms with Gasteiger partial charge >= 0.3 is 17.9 Å². The van der Waals surface area contributed by atoms with Crippen LogP contribution in [0.4, 0.5) is 30.7 Å². The molecule has 0 aromatic carbocycles. The number of aliphatic hydroxyl groups is 3. The second kappa shape index (κ2) is 32.7. The van der Waals surface area contributed by atoms with E-state index in [1.807, 2.05) is 13.8 Å². The SMILES string of the molecule is CCC(=O)O[C@]1(C(=O)SCF)[C@H](C)C[C@H]2C3C[C@H](F)C4=CC(=O)C=C[C@]4(C)[C@@]3(F)[C@@H](O)C[C@@]21C.CCOOOS.CCSC(=O)[C@@]1(OC(=O)CC)[C@H](C)C[C@H]2C3C[C@H](F)C4=CC(=O)C=C[C@]4(C)[C@@]3(F)[C@@H](O)C[C@@]21C.[CH2-]SC(=O)[C@@]1(OC(=O)CC)[C@H](C)C[C@H]2C3C[C@H](F)C4=CC(=O)C=C[C@]4(C)[C@@]3(F)[C@@H](O)C[C@@]21C.[Y]. The van der Waals surface area contributed by atoms with Gasteiger partial charge in [0.25, 0.3) is 0 Å². The first kappa shape index (κ1) is 90.2. The van der Waals surface area contributed by atoms with Crippen LogP contribution in [0.3, 0.4) is 0 Å². The number of ether oxygens (including phenoxy) is 3. The molecule has 0 aliphatic heterocycles. The first-order valence-electron chi connectivity index (χ1n) is 36.9. The average molecular weight is 1680 g/mol. The summed E-state index contributed by atoms with van der Waals surface area (Å²) in [6, 6.07) is -1.02. The molecule has 0 aromatic heterocycles. The predicted molar refractivity (Wildman–Crippen MR) is 389 cm³/mol. The number of alkyl halides is 7. The van der Waals surface area contributed by atoms with Gasteiger partial charge in [-0.1, -0.05) is 104 Å². The van der Waals surface area contributed by atoms with Gasteiger partial charge in [0.1, 0.15) is 24.5 Å². The molecular weight excluding hydrogens is 1570 g/mol. The number of esters is 3. The molecule has 12 aliphatic carbocycles. The maximum absolute atomic E-state index is 17.3. The number of allylic oxidation sites excluding steroid dienone is 12. The molecule has 0 heterocycles. The number of halogens is 7. The van der Waals surface area contributed by atoms with E-state index in [1.54, 1.807) is 69.2 Å². The predicted octanol–water partition coefficient (Wildman–Crippen LogP) is 14.0. The molecule has 108 heavy (non-hydrogen) atoms. The fraction of sp³-hybridized carbons (Fsp3) is 0.718. The molecule has 599 valence electrons. The Balaban J connectivity index is 0.000000195. The molecule has 3 N–H and O–H groups in total. The molecule has 18 nitrogen and oxygen atoms in total. The number of fused-ring (bicyclic) bond motifs is 15. The smallest absolute Gasteiger partial charge is 0.306 e. The average Bonchev–Trinajstić information content (AvgIpc) is 1.40. The summed E-state index contributed by atoms with van der Waals surface area (Å²) in [5, 5.41) is 36.6. The Bertz CT molecular complexity index is 3600. The van der Waals surface area contributed by atoms with Gasteiger partial charge in [-0.25, -0.2) is 35.6 Å². The van der Waals surface area contributed by atoms with E-state index in [9.17, 15) is 62.9 Å². The van der Waals surface area contributed by atoms with Crippen LogP contribution in [0, 0.1) is 92.0 Å². The van der Waals surface area contributed by atoms with E-state index in [2.05, 4.69) is 33.4 Å². The summed E-state index contributed by atoms with van der Waals surface area (Å²) in [6.07, 6.45) is 5.34. The van der Waals surface area contributed by atoms with Gasteiger partial charge in [0.15, 0.2) is 51.2 Å². The molecule has 0 aromatic rings. The van der Waals surface area contributed by atoms with Gasteiger partial charge in [-0.2, -0.15) is 0 Å². The second-order valence-corrected chi connectivity index (χ2v) is 35.3. The molecule has 27 atom stereocenters. The van der Waals surface area contributed by atoms with E-state index in [4.69, 9.17) is 14.2 Å². The van der Waals surface area contributed by atoms with E-state index in [0.29, 0.717) is 48.7 Å². The van der Waals surface area contributed by atoms with Gasteiger partial charge in [0, 0.05) is 133 Å². The monoisotopic (exact) mass is 1680 g/mol. The van der Waals surface area contributed by atoms with Gasteiger partial charge in [-0.15, -0.1) is 4.33 Å². The van der Waals surface area contributed by atoms with E-state index in [0.717, 1.165) is 30.0 Å². The van der Waals surface area contributed by atoms with Crippen LogP contribution in [0.5, 0.6) is 0 Å². The summed E-state index contributed by atoms with van der Waals surface area (Å²) in [4.78, 5) is 118. The third kappa shape index (κ3) is 13.2. The summed E-state index contributed by atoms with van der Waals surface area (Å²) in [5.74, 6) is -8.46.